The van der Waals surface area contributed by atoms with E-state index in [2.05, 4.69) is 15.3 Å². The van der Waals surface area contributed by atoms with Crippen molar-refractivity contribution >= 4 is 11.6 Å². The van der Waals surface area contributed by atoms with Gasteiger partial charge >= 0.3 is 0 Å². The standard InChI is InChI=1S/C10H11ClN4/c11-5-4-10-8-15(14-13-10)7-9-3-1-2-6-12-9/h1-3,6,8H,4-5,7H2. The summed E-state index contributed by atoms with van der Waals surface area (Å²) in [7, 11) is 0. The molecule has 2 aromatic heterocycles. The molecule has 0 N–H and O–H groups in total. The lowest BCUT2D eigenvalue weighted by atomic mass is 10.3. The molecule has 0 unspecified atom stereocenters. The fourth-order valence-electron chi connectivity index (χ4n) is 1.28. The van der Waals surface area contributed by atoms with Crippen LogP contribution in [0, 0.1) is 0 Å². The molecule has 2 aromatic rings. The number of hydrogen-bond donors (Lipinski definition) is 0. The second-order valence-corrected chi connectivity index (χ2v) is 3.55. The molecule has 5 heteroatoms. The zero-order valence-electron chi connectivity index (χ0n) is 8.17. The van der Waals surface area contributed by atoms with Crippen LogP contribution in [0.15, 0.2) is 30.6 Å². The van der Waals surface area contributed by atoms with E-state index in [-0.39, 0.29) is 0 Å². The maximum atomic E-state index is 5.62. The Morgan fingerprint density at radius 2 is 2.20 bits per heavy atom. The van der Waals surface area contributed by atoms with Crippen LogP contribution in [-0.4, -0.2) is 25.9 Å². The zero-order chi connectivity index (χ0) is 10.5. The van der Waals surface area contributed by atoms with Crippen LogP contribution in [0.1, 0.15) is 11.4 Å². The van der Waals surface area contributed by atoms with Gasteiger partial charge in [0.25, 0.3) is 0 Å². The van der Waals surface area contributed by atoms with Crippen molar-refractivity contribution in [1.82, 2.24) is 20.0 Å². The lowest BCUT2D eigenvalue weighted by Crippen LogP contribution is -2.01. The van der Waals surface area contributed by atoms with Crippen LogP contribution in [0.25, 0.3) is 0 Å². The van der Waals surface area contributed by atoms with E-state index in [4.69, 9.17) is 11.6 Å². The van der Waals surface area contributed by atoms with Crippen LogP contribution in [0.5, 0.6) is 0 Å². The molecule has 15 heavy (non-hydrogen) atoms. The van der Waals surface area contributed by atoms with Gasteiger partial charge in [0.1, 0.15) is 0 Å². The fourth-order valence-corrected chi connectivity index (χ4v) is 1.48. The minimum atomic E-state index is 0.572. The third kappa shape index (κ3) is 2.76. The van der Waals surface area contributed by atoms with E-state index in [0.717, 1.165) is 17.8 Å². The highest BCUT2D eigenvalue weighted by atomic mass is 35.5. The van der Waals surface area contributed by atoms with E-state index < -0.39 is 0 Å². The first-order valence-electron chi connectivity index (χ1n) is 4.73. The highest BCUT2D eigenvalue weighted by Crippen LogP contribution is 2.00. The van der Waals surface area contributed by atoms with Gasteiger partial charge in [0.2, 0.25) is 0 Å². The molecule has 0 bridgehead atoms. The molecule has 2 rings (SSSR count). The van der Waals surface area contributed by atoms with Crippen molar-refractivity contribution in [3.63, 3.8) is 0 Å². The number of nitrogens with zero attached hydrogens (tertiary/aromatic N) is 4. The third-order valence-corrected chi connectivity index (χ3v) is 2.18. The van der Waals surface area contributed by atoms with E-state index in [0.29, 0.717) is 12.4 Å². The molecule has 0 aromatic carbocycles. The van der Waals surface area contributed by atoms with E-state index in [1.54, 1.807) is 10.9 Å². The van der Waals surface area contributed by atoms with E-state index >= 15 is 0 Å². The Balaban J connectivity index is 2.05. The van der Waals surface area contributed by atoms with Crippen molar-refractivity contribution in [2.24, 2.45) is 0 Å². The summed E-state index contributed by atoms with van der Waals surface area (Å²) in [6, 6.07) is 5.81. The summed E-state index contributed by atoms with van der Waals surface area (Å²) in [6.45, 7) is 0.649. The average Bonchev–Trinajstić information content (AvgIpc) is 2.68. The molecule has 2 heterocycles. The Labute approximate surface area is 92.9 Å². The molecule has 0 aliphatic carbocycles. The van der Waals surface area contributed by atoms with Crippen LogP contribution in [0.2, 0.25) is 0 Å². The molecular formula is C10H11ClN4. The molecule has 0 aliphatic rings. The summed E-state index contributed by atoms with van der Waals surface area (Å²) < 4.78 is 1.77. The molecule has 0 aliphatic heterocycles. The number of rotatable bonds is 4. The van der Waals surface area contributed by atoms with Gasteiger partial charge in [-0.3, -0.25) is 4.98 Å². The van der Waals surface area contributed by atoms with Gasteiger partial charge in [0.05, 0.1) is 17.9 Å². The van der Waals surface area contributed by atoms with E-state index in [1.807, 2.05) is 24.4 Å². The lowest BCUT2D eigenvalue weighted by Gasteiger charge is -1.98. The predicted octanol–water partition coefficient (Wildman–Crippen LogP) is 1.50. The Kier molecular flexibility index (Phi) is 3.29. The Hall–Kier alpha value is -1.42. The van der Waals surface area contributed by atoms with Crippen molar-refractivity contribution in [2.75, 3.05) is 5.88 Å². The Morgan fingerprint density at radius 3 is 2.93 bits per heavy atom. The highest BCUT2D eigenvalue weighted by molar-refractivity contribution is 6.17. The minimum absolute atomic E-state index is 0.572. The normalized spacial score (nSPS) is 10.5. The molecule has 0 fully saturated rings. The summed E-state index contributed by atoms with van der Waals surface area (Å²) >= 11 is 5.62. The summed E-state index contributed by atoms with van der Waals surface area (Å²) in [5.41, 5.74) is 1.89. The first-order chi connectivity index (χ1) is 7.38. The summed E-state index contributed by atoms with van der Waals surface area (Å²) in [4.78, 5) is 4.21. The number of aryl methyl sites for hydroxylation is 1. The summed E-state index contributed by atoms with van der Waals surface area (Å²) in [5, 5.41) is 8.00. The van der Waals surface area contributed by atoms with Crippen LogP contribution in [0.3, 0.4) is 0 Å². The maximum absolute atomic E-state index is 5.62. The van der Waals surface area contributed by atoms with Gasteiger partial charge in [0.15, 0.2) is 0 Å². The van der Waals surface area contributed by atoms with Crippen molar-refractivity contribution in [3.8, 4) is 0 Å². The summed E-state index contributed by atoms with van der Waals surface area (Å²) in [6.07, 6.45) is 4.42. The molecule has 0 atom stereocenters. The predicted molar refractivity (Wildman–Crippen MR) is 57.8 cm³/mol. The van der Waals surface area contributed by atoms with Gasteiger partial charge in [-0.2, -0.15) is 0 Å². The number of hydrogen-bond acceptors (Lipinski definition) is 3. The van der Waals surface area contributed by atoms with Crippen LogP contribution in [-0.2, 0) is 13.0 Å². The number of halogens is 1. The molecule has 0 radical (unpaired) electrons. The monoisotopic (exact) mass is 222 g/mol. The Bertz CT molecular complexity index is 412. The molecule has 0 saturated heterocycles. The van der Waals surface area contributed by atoms with Gasteiger partial charge in [-0.05, 0) is 12.1 Å². The van der Waals surface area contributed by atoms with E-state index in [9.17, 15) is 0 Å². The van der Waals surface area contributed by atoms with Gasteiger partial charge in [-0.25, -0.2) is 4.68 Å². The van der Waals surface area contributed by atoms with Crippen molar-refractivity contribution in [2.45, 2.75) is 13.0 Å². The van der Waals surface area contributed by atoms with Gasteiger partial charge < -0.3 is 0 Å². The molecule has 0 saturated carbocycles. The van der Waals surface area contributed by atoms with Crippen molar-refractivity contribution in [3.05, 3.63) is 42.0 Å². The topological polar surface area (TPSA) is 43.6 Å². The second kappa shape index (κ2) is 4.89. The zero-order valence-corrected chi connectivity index (χ0v) is 8.93. The smallest absolute Gasteiger partial charge is 0.0849 e. The third-order valence-electron chi connectivity index (χ3n) is 1.99. The Morgan fingerprint density at radius 1 is 1.27 bits per heavy atom. The molecule has 4 nitrogen and oxygen atoms in total. The average molecular weight is 223 g/mol. The lowest BCUT2D eigenvalue weighted by molar-refractivity contribution is 0.638. The second-order valence-electron chi connectivity index (χ2n) is 3.17. The fraction of sp³-hybridized carbons (Fsp3) is 0.300. The largest absolute Gasteiger partial charge is 0.259 e. The summed E-state index contributed by atoms with van der Waals surface area (Å²) in [5.74, 6) is 0.572. The van der Waals surface area contributed by atoms with Gasteiger partial charge in [-0.15, -0.1) is 16.7 Å². The van der Waals surface area contributed by atoms with Crippen LogP contribution >= 0.6 is 11.6 Å². The first-order valence-corrected chi connectivity index (χ1v) is 5.27. The van der Waals surface area contributed by atoms with Crippen molar-refractivity contribution < 1.29 is 0 Å². The SMILES string of the molecule is ClCCc1cn(Cc2ccccn2)nn1. The number of aromatic nitrogens is 4. The van der Waals surface area contributed by atoms with Gasteiger partial charge in [0, 0.05) is 24.7 Å². The maximum Gasteiger partial charge on any atom is 0.0849 e. The van der Waals surface area contributed by atoms with Gasteiger partial charge in [-0.1, -0.05) is 11.3 Å². The minimum Gasteiger partial charge on any atom is -0.259 e. The molecule has 0 amide bonds. The molecule has 0 spiro atoms. The molecular weight excluding hydrogens is 212 g/mol. The van der Waals surface area contributed by atoms with Crippen LogP contribution in [0.4, 0.5) is 0 Å². The number of alkyl halides is 1. The van der Waals surface area contributed by atoms with Crippen molar-refractivity contribution in [1.29, 1.82) is 0 Å². The first kappa shape index (κ1) is 10.1. The molecule has 78 valence electrons. The van der Waals surface area contributed by atoms with E-state index in [1.165, 1.54) is 0 Å². The quantitative estimate of drug-likeness (QED) is 0.737. The van der Waals surface area contributed by atoms with Crippen LogP contribution < -0.4 is 0 Å². The highest BCUT2D eigenvalue weighted by Gasteiger charge is 2.00. The number of pyridine rings is 1.